The van der Waals surface area contributed by atoms with Gasteiger partial charge in [-0.1, -0.05) is 37.4 Å². The Morgan fingerprint density at radius 3 is 2.83 bits per heavy atom. The highest BCUT2D eigenvalue weighted by atomic mass is 32.2. The van der Waals surface area contributed by atoms with Gasteiger partial charge in [-0.3, -0.25) is 4.99 Å². The summed E-state index contributed by atoms with van der Waals surface area (Å²) in [5.74, 6) is 2.14. The third-order valence-corrected chi connectivity index (χ3v) is 5.78. The Kier molecular flexibility index (Phi) is 4.14. The Bertz CT molecular complexity index is 307. The standard InChI is InChI=1S/C14H24N2OS/c1-2-4-12(3-1)5-8-15-13-16-14(11-18-13)6-9-17-10-7-14/h12H,1-11H2,(H,15,16). The van der Waals surface area contributed by atoms with E-state index < -0.39 is 0 Å². The normalized spacial score (nSPS) is 30.1. The molecule has 3 rings (SSSR count). The minimum Gasteiger partial charge on any atom is -0.381 e. The van der Waals surface area contributed by atoms with Gasteiger partial charge in [-0.15, -0.1) is 0 Å². The summed E-state index contributed by atoms with van der Waals surface area (Å²) >= 11 is 1.91. The van der Waals surface area contributed by atoms with Crippen LogP contribution in [0.3, 0.4) is 0 Å². The molecule has 1 spiro atoms. The van der Waals surface area contributed by atoms with E-state index in [1.165, 1.54) is 43.0 Å². The summed E-state index contributed by atoms with van der Waals surface area (Å²) in [5.41, 5.74) is 0.301. The van der Waals surface area contributed by atoms with Gasteiger partial charge in [0.05, 0.1) is 5.54 Å². The summed E-state index contributed by atoms with van der Waals surface area (Å²) < 4.78 is 5.45. The van der Waals surface area contributed by atoms with Gasteiger partial charge in [-0.2, -0.15) is 0 Å². The zero-order valence-corrected chi connectivity index (χ0v) is 11.9. The molecule has 0 aromatic rings. The maximum Gasteiger partial charge on any atom is 0.157 e. The van der Waals surface area contributed by atoms with Gasteiger partial charge in [0.1, 0.15) is 0 Å². The molecule has 102 valence electrons. The Labute approximate surface area is 114 Å². The van der Waals surface area contributed by atoms with Crippen LogP contribution < -0.4 is 5.32 Å². The van der Waals surface area contributed by atoms with Gasteiger partial charge in [-0.05, 0) is 25.2 Å². The molecule has 0 atom stereocenters. The molecule has 0 unspecified atom stereocenters. The van der Waals surface area contributed by atoms with Crippen LogP contribution in [0.4, 0.5) is 0 Å². The predicted molar refractivity (Wildman–Crippen MR) is 77.3 cm³/mol. The molecule has 0 amide bonds. The van der Waals surface area contributed by atoms with Crippen LogP contribution in [0.5, 0.6) is 0 Å². The third kappa shape index (κ3) is 3.02. The molecule has 1 aliphatic carbocycles. The molecule has 3 nitrogen and oxygen atoms in total. The zero-order valence-electron chi connectivity index (χ0n) is 11.1. The first kappa shape index (κ1) is 12.8. The van der Waals surface area contributed by atoms with Crippen LogP contribution in [0.1, 0.15) is 44.9 Å². The Morgan fingerprint density at radius 1 is 1.28 bits per heavy atom. The molecular weight excluding hydrogens is 244 g/mol. The van der Waals surface area contributed by atoms with Gasteiger partial charge in [-0.25, -0.2) is 0 Å². The number of hydrogen-bond donors (Lipinski definition) is 1. The summed E-state index contributed by atoms with van der Waals surface area (Å²) in [6.45, 7) is 2.83. The second-order valence-electron chi connectivity index (χ2n) is 5.93. The smallest absolute Gasteiger partial charge is 0.157 e. The molecule has 3 aliphatic rings. The number of ether oxygens (including phenoxy) is 1. The second-order valence-corrected chi connectivity index (χ2v) is 6.90. The number of aliphatic imine (C=N–C) groups is 1. The Morgan fingerprint density at radius 2 is 2.06 bits per heavy atom. The molecule has 18 heavy (non-hydrogen) atoms. The van der Waals surface area contributed by atoms with E-state index in [0.29, 0.717) is 5.54 Å². The van der Waals surface area contributed by atoms with Crippen LogP contribution in [-0.4, -0.2) is 36.2 Å². The molecule has 4 heteroatoms. The number of amidine groups is 1. The molecule has 2 heterocycles. The van der Waals surface area contributed by atoms with Gasteiger partial charge in [0.2, 0.25) is 0 Å². The Hall–Kier alpha value is -0.220. The van der Waals surface area contributed by atoms with E-state index in [0.717, 1.165) is 38.5 Å². The van der Waals surface area contributed by atoms with Crippen molar-refractivity contribution in [2.45, 2.75) is 50.5 Å². The highest BCUT2D eigenvalue weighted by molar-refractivity contribution is 8.14. The number of thioether (sulfide) groups is 1. The summed E-state index contributed by atoms with van der Waals surface area (Å²) in [7, 11) is 0. The lowest BCUT2D eigenvalue weighted by Crippen LogP contribution is -2.48. The zero-order chi connectivity index (χ0) is 12.3. The topological polar surface area (TPSA) is 33.6 Å². The molecular formula is C14H24N2OS. The number of rotatable bonds is 3. The molecule has 3 fully saturated rings. The van der Waals surface area contributed by atoms with E-state index in [-0.39, 0.29) is 0 Å². The molecule has 1 saturated carbocycles. The SMILES string of the molecule is C1CCC(CCN=C2NC3(CCOCC3)CS2)C1. The van der Waals surface area contributed by atoms with Crippen molar-refractivity contribution in [3.05, 3.63) is 0 Å². The van der Waals surface area contributed by atoms with E-state index in [1.54, 1.807) is 0 Å². The van der Waals surface area contributed by atoms with Crippen molar-refractivity contribution in [3.63, 3.8) is 0 Å². The quantitative estimate of drug-likeness (QED) is 0.854. The van der Waals surface area contributed by atoms with Crippen LogP contribution in [0.25, 0.3) is 0 Å². The first-order chi connectivity index (χ1) is 8.86. The van der Waals surface area contributed by atoms with Crippen molar-refractivity contribution in [1.82, 2.24) is 5.32 Å². The molecule has 0 aromatic heterocycles. The second kappa shape index (κ2) is 5.83. The van der Waals surface area contributed by atoms with Crippen molar-refractivity contribution in [2.24, 2.45) is 10.9 Å². The highest BCUT2D eigenvalue weighted by Crippen LogP contribution is 2.32. The number of hydrogen-bond acceptors (Lipinski definition) is 3. The molecule has 2 aliphatic heterocycles. The molecule has 0 radical (unpaired) electrons. The van der Waals surface area contributed by atoms with E-state index >= 15 is 0 Å². The average Bonchev–Trinajstić information content (AvgIpc) is 3.02. The maximum atomic E-state index is 5.45. The van der Waals surface area contributed by atoms with Gasteiger partial charge in [0, 0.05) is 25.5 Å². The lowest BCUT2D eigenvalue weighted by molar-refractivity contribution is 0.0555. The van der Waals surface area contributed by atoms with E-state index in [1.807, 2.05) is 11.8 Å². The van der Waals surface area contributed by atoms with Gasteiger partial charge < -0.3 is 10.1 Å². The van der Waals surface area contributed by atoms with Crippen LogP contribution in [-0.2, 0) is 4.74 Å². The van der Waals surface area contributed by atoms with Crippen molar-refractivity contribution >= 4 is 16.9 Å². The third-order valence-electron chi connectivity index (χ3n) is 4.57. The lowest BCUT2D eigenvalue weighted by atomic mass is 9.93. The summed E-state index contributed by atoms with van der Waals surface area (Å²) in [5, 5.41) is 4.85. The van der Waals surface area contributed by atoms with Crippen LogP contribution in [0.15, 0.2) is 4.99 Å². The van der Waals surface area contributed by atoms with Crippen LogP contribution in [0.2, 0.25) is 0 Å². The summed E-state index contributed by atoms with van der Waals surface area (Å²) in [6.07, 6.45) is 9.33. The van der Waals surface area contributed by atoms with Gasteiger partial charge in [0.25, 0.3) is 0 Å². The van der Waals surface area contributed by atoms with Crippen LogP contribution >= 0.6 is 11.8 Å². The first-order valence-electron chi connectivity index (χ1n) is 7.40. The summed E-state index contributed by atoms with van der Waals surface area (Å²) in [4.78, 5) is 4.76. The molecule has 1 N–H and O–H groups in total. The van der Waals surface area contributed by atoms with E-state index in [4.69, 9.17) is 9.73 Å². The Balaban J connectivity index is 1.45. The summed E-state index contributed by atoms with van der Waals surface area (Å²) in [6, 6.07) is 0. The fraction of sp³-hybridized carbons (Fsp3) is 0.929. The number of nitrogens with one attached hydrogen (secondary N) is 1. The largest absolute Gasteiger partial charge is 0.381 e. The fourth-order valence-electron chi connectivity index (χ4n) is 3.27. The average molecular weight is 268 g/mol. The first-order valence-corrected chi connectivity index (χ1v) is 8.38. The minimum atomic E-state index is 0.301. The maximum absolute atomic E-state index is 5.45. The molecule has 0 bridgehead atoms. The van der Waals surface area contributed by atoms with Crippen molar-refractivity contribution in [1.29, 1.82) is 0 Å². The number of nitrogens with zero attached hydrogens (tertiary/aromatic N) is 1. The van der Waals surface area contributed by atoms with Gasteiger partial charge in [0.15, 0.2) is 5.17 Å². The molecule has 2 saturated heterocycles. The van der Waals surface area contributed by atoms with E-state index in [2.05, 4.69) is 5.32 Å². The van der Waals surface area contributed by atoms with Crippen LogP contribution in [0, 0.1) is 5.92 Å². The van der Waals surface area contributed by atoms with Crippen molar-refractivity contribution in [3.8, 4) is 0 Å². The fourth-order valence-corrected chi connectivity index (χ4v) is 4.51. The molecule has 0 aromatic carbocycles. The lowest BCUT2D eigenvalue weighted by Gasteiger charge is -2.32. The highest BCUT2D eigenvalue weighted by Gasteiger charge is 2.38. The van der Waals surface area contributed by atoms with Crippen molar-refractivity contribution in [2.75, 3.05) is 25.5 Å². The van der Waals surface area contributed by atoms with E-state index in [9.17, 15) is 0 Å². The van der Waals surface area contributed by atoms with Crippen molar-refractivity contribution < 1.29 is 4.74 Å². The monoisotopic (exact) mass is 268 g/mol. The van der Waals surface area contributed by atoms with Gasteiger partial charge >= 0.3 is 0 Å². The predicted octanol–water partition coefficient (Wildman–Crippen LogP) is 2.81. The minimum absolute atomic E-state index is 0.301.